The molecule has 0 aliphatic carbocycles. The van der Waals surface area contributed by atoms with Gasteiger partial charge in [0.25, 0.3) is 0 Å². The number of fused-ring (bicyclic) bond motifs is 1. The Morgan fingerprint density at radius 1 is 1.24 bits per heavy atom. The van der Waals surface area contributed by atoms with Crippen molar-refractivity contribution < 1.29 is 0 Å². The smallest absolute Gasteiger partial charge is 0.0454 e. The minimum atomic E-state index is 0.813. The Bertz CT molecular complexity index is 457. The van der Waals surface area contributed by atoms with Crippen molar-refractivity contribution in [2.75, 3.05) is 6.54 Å². The van der Waals surface area contributed by atoms with Crippen LogP contribution in [0.5, 0.6) is 0 Å². The second kappa shape index (κ2) is 5.87. The number of aromatic nitrogens is 1. The van der Waals surface area contributed by atoms with Gasteiger partial charge in [0, 0.05) is 18.3 Å². The third-order valence-electron chi connectivity index (χ3n) is 3.08. The van der Waals surface area contributed by atoms with Crippen LogP contribution in [-0.2, 0) is 6.54 Å². The normalized spacial score (nSPS) is 11.5. The lowest BCUT2D eigenvalue weighted by atomic mass is 10.1. The van der Waals surface area contributed by atoms with Crippen molar-refractivity contribution in [2.45, 2.75) is 33.2 Å². The second-order valence-corrected chi connectivity index (χ2v) is 5.11. The van der Waals surface area contributed by atoms with Gasteiger partial charge in [-0.05, 0) is 54.5 Å². The highest BCUT2D eigenvalue weighted by Gasteiger charge is 1.97. The highest BCUT2D eigenvalue weighted by atomic mass is 14.8. The van der Waals surface area contributed by atoms with Crippen LogP contribution in [0.2, 0.25) is 0 Å². The van der Waals surface area contributed by atoms with Crippen LogP contribution in [0, 0.1) is 5.92 Å². The zero-order valence-electron chi connectivity index (χ0n) is 10.8. The number of H-pyrrole nitrogens is 1. The summed E-state index contributed by atoms with van der Waals surface area (Å²) < 4.78 is 0. The Balaban J connectivity index is 1.78. The lowest BCUT2D eigenvalue weighted by Gasteiger charge is -2.06. The first-order chi connectivity index (χ1) is 8.25. The number of hydrogen-bond acceptors (Lipinski definition) is 1. The van der Waals surface area contributed by atoms with E-state index in [-0.39, 0.29) is 0 Å². The molecule has 0 aliphatic heterocycles. The lowest BCUT2D eigenvalue weighted by molar-refractivity contribution is 0.527. The largest absolute Gasteiger partial charge is 0.361 e. The van der Waals surface area contributed by atoms with Gasteiger partial charge in [-0.1, -0.05) is 19.9 Å². The molecule has 92 valence electrons. The predicted molar refractivity (Wildman–Crippen MR) is 74.1 cm³/mol. The molecular weight excluding hydrogens is 208 g/mol. The monoisotopic (exact) mass is 230 g/mol. The van der Waals surface area contributed by atoms with Crippen molar-refractivity contribution in [1.82, 2.24) is 10.3 Å². The maximum atomic E-state index is 3.50. The van der Waals surface area contributed by atoms with E-state index >= 15 is 0 Å². The molecule has 1 aromatic heterocycles. The van der Waals surface area contributed by atoms with E-state index in [4.69, 9.17) is 0 Å². The van der Waals surface area contributed by atoms with Gasteiger partial charge < -0.3 is 10.3 Å². The molecule has 2 N–H and O–H groups in total. The molecule has 2 nitrogen and oxygen atoms in total. The maximum Gasteiger partial charge on any atom is 0.0454 e. The van der Waals surface area contributed by atoms with Gasteiger partial charge in [0.1, 0.15) is 0 Å². The van der Waals surface area contributed by atoms with E-state index in [2.05, 4.69) is 48.4 Å². The topological polar surface area (TPSA) is 27.8 Å². The first-order valence-corrected chi connectivity index (χ1v) is 6.52. The molecule has 0 atom stereocenters. The average Bonchev–Trinajstić information content (AvgIpc) is 2.75. The number of rotatable bonds is 6. The molecule has 2 aromatic rings. The Morgan fingerprint density at radius 2 is 2.12 bits per heavy atom. The van der Waals surface area contributed by atoms with Crippen molar-refractivity contribution in [2.24, 2.45) is 5.92 Å². The van der Waals surface area contributed by atoms with E-state index in [1.54, 1.807) is 0 Å². The van der Waals surface area contributed by atoms with E-state index in [0.717, 1.165) is 19.0 Å². The molecule has 0 saturated heterocycles. The highest BCUT2D eigenvalue weighted by molar-refractivity contribution is 5.79. The number of nitrogens with one attached hydrogen (secondary N) is 2. The summed E-state index contributed by atoms with van der Waals surface area (Å²) in [5.74, 6) is 0.813. The Morgan fingerprint density at radius 3 is 2.94 bits per heavy atom. The van der Waals surface area contributed by atoms with Crippen LogP contribution < -0.4 is 5.32 Å². The van der Waals surface area contributed by atoms with Crippen LogP contribution >= 0.6 is 0 Å². The van der Waals surface area contributed by atoms with E-state index in [9.17, 15) is 0 Å². The highest BCUT2D eigenvalue weighted by Crippen LogP contribution is 2.14. The predicted octanol–water partition coefficient (Wildman–Crippen LogP) is 3.69. The van der Waals surface area contributed by atoms with Crippen molar-refractivity contribution in [3.8, 4) is 0 Å². The van der Waals surface area contributed by atoms with Gasteiger partial charge in [-0.25, -0.2) is 0 Å². The fraction of sp³-hybridized carbons (Fsp3) is 0.467. The summed E-state index contributed by atoms with van der Waals surface area (Å²) >= 11 is 0. The molecule has 0 unspecified atom stereocenters. The fourth-order valence-electron chi connectivity index (χ4n) is 2.08. The van der Waals surface area contributed by atoms with Gasteiger partial charge in [-0.3, -0.25) is 0 Å². The summed E-state index contributed by atoms with van der Waals surface area (Å²) in [4.78, 5) is 3.22. The number of benzene rings is 1. The molecule has 0 bridgehead atoms. The van der Waals surface area contributed by atoms with Gasteiger partial charge in [-0.2, -0.15) is 0 Å². The molecule has 1 heterocycles. The maximum absolute atomic E-state index is 3.50. The number of hydrogen-bond donors (Lipinski definition) is 2. The zero-order chi connectivity index (χ0) is 12.1. The Kier molecular flexibility index (Phi) is 4.21. The van der Waals surface area contributed by atoms with Crippen molar-refractivity contribution in [3.05, 3.63) is 36.0 Å². The molecule has 2 rings (SSSR count). The molecule has 0 radical (unpaired) electrons. The van der Waals surface area contributed by atoms with Gasteiger partial charge in [0.05, 0.1) is 0 Å². The Hall–Kier alpha value is -1.28. The molecule has 0 fully saturated rings. The van der Waals surface area contributed by atoms with Crippen LogP contribution in [0.4, 0.5) is 0 Å². The molecule has 0 amide bonds. The van der Waals surface area contributed by atoms with Crippen LogP contribution in [0.15, 0.2) is 30.5 Å². The summed E-state index contributed by atoms with van der Waals surface area (Å²) in [6.45, 7) is 6.64. The van der Waals surface area contributed by atoms with E-state index in [0.29, 0.717) is 0 Å². The zero-order valence-corrected chi connectivity index (χ0v) is 10.8. The van der Waals surface area contributed by atoms with E-state index < -0.39 is 0 Å². The van der Waals surface area contributed by atoms with Crippen molar-refractivity contribution >= 4 is 10.9 Å². The van der Waals surface area contributed by atoms with Crippen LogP contribution in [0.25, 0.3) is 10.9 Å². The molecule has 2 heteroatoms. The molecule has 0 aliphatic rings. The summed E-state index contributed by atoms with van der Waals surface area (Å²) in [5.41, 5.74) is 2.58. The van der Waals surface area contributed by atoms with Gasteiger partial charge >= 0.3 is 0 Å². The molecule has 0 spiro atoms. The molecule has 17 heavy (non-hydrogen) atoms. The standard InChI is InChI=1S/C15H22N2/c1-12(2)4-3-8-16-11-13-5-6-15-14(10-13)7-9-17-15/h5-7,9-10,12,16-17H,3-4,8,11H2,1-2H3. The minimum Gasteiger partial charge on any atom is -0.361 e. The van der Waals surface area contributed by atoms with Gasteiger partial charge in [0.2, 0.25) is 0 Å². The van der Waals surface area contributed by atoms with Crippen LogP contribution in [0.1, 0.15) is 32.3 Å². The lowest BCUT2D eigenvalue weighted by Crippen LogP contribution is -2.15. The van der Waals surface area contributed by atoms with Crippen molar-refractivity contribution in [1.29, 1.82) is 0 Å². The third kappa shape index (κ3) is 3.60. The SMILES string of the molecule is CC(C)CCCNCc1ccc2[nH]ccc2c1. The first-order valence-electron chi connectivity index (χ1n) is 6.52. The van der Waals surface area contributed by atoms with Gasteiger partial charge in [0.15, 0.2) is 0 Å². The van der Waals surface area contributed by atoms with Gasteiger partial charge in [-0.15, -0.1) is 0 Å². The average molecular weight is 230 g/mol. The third-order valence-corrected chi connectivity index (χ3v) is 3.08. The quantitative estimate of drug-likeness (QED) is 0.728. The second-order valence-electron chi connectivity index (χ2n) is 5.11. The molecule has 0 saturated carbocycles. The summed E-state index contributed by atoms with van der Waals surface area (Å²) in [6.07, 6.45) is 4.57. The molecule has 1 aromatic carbocycles. The molecular formula is C15H22N2. The summed E-state index contributed by atoms with van der Waals surface area (Å²) in [6, 6.07) is 8.72. The van der Waals surface area contributed by atoms with Crippen molar-refractivity contribution in [3.63, 3.8) is 0 Å². The number of aromatic amines is 1. The van der Waals surface area contributed by atoms with Crippen LogP contribution in [-0.4, -0.2) is 11.5 Å². The first kappa shape index (κ1) is 12.2. The fourth-order valence-corrected chi connectivity index (χ4v) is 2.08. The Labute approximate surface area is 103 Å². The summed E-state index contributed by atoms with van der Waals surface area (Å²) in [7, 11) is 0. The minimum absolute atomic E-state index is 0.813. The van der Waals surface area contributed by atoms with Crippen LogP contribution in [0.3, 0.4) is 0 Å². The summed E-state index contributed by atoms with van der Waals surface area (Å²) in [5, 5.41) is 4.80. The van der Waals surface area contributed by atoms with E-state index in [1.165, 1.54) is 29.3 Å². The van der Waals surface area contributed by atoms with E-state index in [1.807, 2.05) is 6.20 Å².